The van der Waals surface area contributed by atoms with Crippen LogP contribution in [0.15, 0.2) is 35.3 Å². The van der Waals surface area contributed by atoms with Crippen LogP contribution in [0.25, 0.3) is 11.1 Å². The highest BCUT2D eigenvalue weighted by Crippen LogP contribution is 2.38. The highest BCUT2D eigenvalue weighted by Gasteiger charge is 2.30. The first-order chi connectivity index (χ1) is 16.6. The zero-order valence-corrected chi connectivity index (χ0v) is 21.8. The average molecular weight is 534 g/mol. The van der Waals surface area contributed by atoms with E-state index in [0.29, 0.717) is 0 Å². The molecule has 0 saturated carbocycles. The normalized spacial score (nSPS) is 13.0. The van der Waals surface area contributed by atoms with Gasteiger partial charge in [-0.2, -0.15) is 13.2 Å². The molecule has 1 aromatic carbocycles. The number of nitrogens with zero attached hydrogens (tertiary/aromatic N) is 1. The Balaban J connectivity index is 2.57. The minimum absolute atomic E-state index is 0.0872. The van der Waals surface area contributed by atoms with Crippen molar-refractivity contribution in [3.8, 4) is 22.6 Å². The van der Waals surface area contributed by atoms with Gasteiger partial charge in [0.15, 0.2) is 6.61 Å². The molecule has 7 nitrogen and oxygen atoms in total. The van der Waals surface area contributed by atoms with Gasteiger partial charge >= 0.3 is 12.1 Å². The number of rotatable bonds is 10. The zero-order chi connectivity index (χ0) is 27.3. The molecule has 1 atom stereocenters. The Hall–Kier alpha value is -2.72. The summed E-state index contributed by atoms with van der Waals surface area (Å²) in [5, 5.41) is 0.216. The molecule has 0 N–H and O–H groups in total. The molecule has 0 saturated heterocycles. The molecule has 2 aromatic rings. The van der Waals surface area contributed by atoms with Crippen LogP contribution in [0.1, 0.15) is 47.1 Å². The summed E-state index contributed by atoms with van der Waals surface area (Å²) in [6, 6.07) is 4.15. The van der Waals surface area contributed by atoms with Crippen molar-refractivity contribution in [2.24, 2.45) is 0 Å². The van der Waals surface area contributed by atoms with Crippen LogP contribution in [-0.2, 0) is 14.3 Å². The van der Waals surface area contributed by atoms with Gasteiger partial charge in [-0.15, -0.1) is 0 Å². The van der Waals surface area contributed by atoms with Crippen LogP contribution in [0, 0.1) is 0 Å². The number of aromatic nitrogens is 1. The number of alkyl halides is 3. The smallest absolute Gasteiger partial charge is 0.422 e. The van der Waals surface area contributed by atoms with Crippen molar-refractivity contribution in [2.75, 3.05) is 20.3 Å². The van der Waals surface area contributed by atoms with Crippen LogP contribution < -0.4 is 15.0 Å². The van der Waals surface area contributed by atoms with Crippen molar-refractivity contribution in [1.29, 1.82) is 0 Å². The van der Waals surface area contributed by atoms with E-state index in [1.165, 1.54) is 36.1 Å². The molecule has 0 aliphatic heterocycles. The predicted molar refractivity (Wildman–Crippen MR) is 130 cm³/mol. The summed E-state index contributed by atoms with van der Waals surface area (Å²) in [7, 11) is 1.33. The van der Waals surface area contributed by atoms with Gasteiger partial charge in [0.25, 0.3) is 5.56 Å². The van der Waals surface area contributed by atoms with Gasteiger partial charge in [-0.05, 0) is 52.8 Å². The lowest BCUT2D eigenvalue weighted by Crippen LogP contribution is -2.35. The number of methoxy groups -OCH3 is 1. The molecule has 0 spiro atoms. The Bertz CT molecular complexity index is 1110. The minimum Gasteiger partial charge on any atom is -0.495 e. The number of hydrogen-bond acceptors (Lipinski definition) is 6. The van der Waals surface area contributed by atoms with E-state index in [-0.39, 0.29) is 46.8 Å². The molecule has 1 aromatic heterocycles. The fourth-order valence-corrected chi connectivity index (χ4v) is 3.47. The molecule has 0 radical (unpaired) electrons. The highest BCUT2D eigenvalue weighted by molar-refractivity contribution is 6.31. The highest BCUT2D eigenvalue weighted by atomic mass is 35.5. The lowest BCUT2D eigenvalue weighted by Gasteiger charge is -2.26. The van der Waals surface area contributed by atoms with Gasteiger partial charge < -0.3 is 18.9 Å². The Morgan fingerprint density at radius 1 is 1.08 bits per heavy atom. The van der Waals surface area contributed by atoms with Crippen LogP contribution in [0.5, 0.6) is 11.5 Å². The largest absolute Gasteiger partial charge is 0.495 e. The van der Waals surface area contributed by atoms with E-state index in [4.69, 9.17) is 30.5 Å². The summed E-state index contributed by atoms with van der Waals surface area (Å²) in [6.45, 7) is 7.47. The summed E-state index contributed by atoms with van der Waals surface area (Å²) in [6.07, 6.45) is -3.19. The number of carbonyl (C=O) groups excluding carboxylic acids is 1. The number of halogens is 4. The molecule has 0 aliphatic rings. The van der Waals surface area contributed by atoms with Crippen molar-refractivity contribution >= 4 is 17.6 Å². The third-order valence-electron chi connectivity index (χ3n) is 4.74. The lowest BCUT2D eigenvalue weighted by molar-refractivity contribution is -0.160. The number of hydrogen-bond donors (Lipinski definition) is 0. The van der Waals surface area contributed by atoms with Gasteiger partial charge in [-0.3, -0.25) is 9.36 Å². The maximum absolute atomic E-state index is 13.2. The summed E-state index contributed by atoms with van der Waals surface area (Å²) >= 11 is 6.08. The van der Waals surface area contributed by atoms with Gasteiger partial charge in [0.1, 0.15) is 23.1 Å². The van der Waals surface area contributed by atoms with Crippen molar-refractivity contribution in [3.63, 3.8) is 0 Å². The summed E-state index contributed by atoms with van der Waals surface area (Å²) in [4.78, 5) is 26.2. The van der Waals surface area contributed by atoms with E-state index >= 15 is 0 Å². The van der Waals surface area contributed by atoms with E-state index in [1.807, 2.05) is 13.8 Å². The van der Waals surface area contributed by atoms with Gasteiger partial charge in [0.05, 0.1) is 19.4 Å². The standard InChI is InChI=1S/C25H31ClF3NO6/c1-15(2)34-10-9-19(23(32)36-24(3,4)5)30-13-21(33-6)18(12-22(30)31)17-11-16(26)7-8-20(17)35-14-25(27,28)29/h7-8,11-13,15,19H,9-10,14H2,1-6H3. The molecule has 0 aliphatic carbocycles. The number of pyridine rings is 1. The van der Waals surface area contributed by atoms with Crippen molar-refractivity contribution in [1.82, 2.24) is 4.57 Å². The van der Waals surface area contributed by atoms with E-state index in [2.05, 4.69) is 0 Å². The van der Waals surface area contributed by atoms with Crippen LogP contribution >= 0.6 is 11.6 Å². The summed E-state index contributed by atoms with van der Waals surface area (Å²) < 4.78 is 61.0. The average Bonchev–Trinajstić information content (AvgIpc) is 2.74. The minimum atomic E-state index is -4.57. The molecule has 0 amide bonds. The lowest BCUT2D eigenvalue weighted by atomic mass is 10.0. The molecule has 36 heavy (non-hydrogen) atoms. The maximum Gasteiger partial charge on any atom is 0.422 e. The van der Waals surface area contributed by atoms with Gasteiger partial charge in [0.2, 0.25) is 0 Å². The third kappa shape index (κ3) is 8.74. The number of carbonyl (C=O) groups is 1. The topological polar surface area (TPSA) is 76.0 Å². The van der Waals surface area contributed by atoms with Gasteiger partial charge in [-0.1, -0.05) is 11.6 Å². The van der Waals surface area contributed by atoms with Crippen LogP contribution in [0.4, 0.5) is 13.2 Å². The number of benzene rings is 1. The molecule has 200 valence electrons. The number of ether oxygens (including phenoxy) is 4. The monoisotopic (exact) mass is 533 g/mol. The van der Waals surface area contributed by atoms with Crippen molar-refractivity contribution in [3.05, 3.63) is 45.8 Å². The van der Waals surface area contributed by atoms with E-state index in [1.54, 1.807) is 20.8 Å². The van der Waals surface area contributed by atoms with Gasteiger partial charge in [0, 0.05) is 35.2 Å². The second-order valence-electron chi connectivity index (χ2n) is 9.30. The Morgan fingerprint density at radius 3 is 2.28 bits per heavy atom. The quantitative estimate of drug-likeness (QED) is 0.358. The van der Waals surface area contributed by atoms with Crippen molar-refractivity contribution < 1.29 is 36.9 Å². The van der Waals surface area contributed by atoms with E-state index in [0.717, 1.165) is 6.07 Å². The second kappa shape index (κ2) is 12.0. The Morgan fingerprint density at radius 2 is 1.72 bits per heavy atom. The first kappa shape index (κ1) is 29.5. The molecular weight excluding hydrogens is 503 g/mol. The second-order valence-corrected chi connectivity index (χ2v) is 9.74. The van der Waals surface area contributed by atoms with Crippen molar-refractivity contribution in [2.45, 2.75) is 65.0 Å². The molecule has 0 fully saturated rings. The van der Waals surface area contributed by atoms with E-state index in [9.17, 15) is 22.8 Å². The first-order valence-corrected chi connectivity index (χ1v) is 11.6. The SMILES string of the molecule is COc1cn(C(CCOC(C)C)C(=O)OC(C)(C)C)c(=O)cc1-c1cc(Cl)ccc1OCC(F)(F)F. The Labute approximate surface area is 213 Å². The zero-order valence-electron chi connectivity index (χ0n) is 21.1. The first-order valence-electron chi connectivity index (χ1n) is 11.3. The van der Waals surface area contributed by atoms with Crippen LogP contribution in [0.2, 0.25) is 5.02 Å². The molecular formula is C25H31ClF3NO6. The summed E-state index contributed by atoms with van der Waals surface area (Å²) in [5.41, 5.74) is -1.12. The molecule has 0 bridgehead atoms. The Kier molecular flexibility index (Phi) is 9.85. The third-order valence-corrected chi connectivity index (χ3v) is 4.98. The molecule has 11 heteroatoms. The molecule has 1 unspecified atom stereocenters. The maximum atomic E-state index is 13.2. The predicted octanol–water partition coefficient (Wildman–Crippen LogP) is 5.82. The van der Waals surface area contributed by atoms with Crippen LogP contribution in [0.3, 0.4) is 0 Å². The fourth-order valence-electron chi connectivity index (χ4n) is 3.30. The summed E-state index contributed by atoms with van der Waals surface area (Å²) in [5.74, 6) is -0.656. The number of esters is 1. The fraction of sp³-hybridized carbons (Fsp3) is 0.520. The van der Waals surface area contributed by atoms with Crippen LogP contribution in [-0.4, -0.2) is 48.7 Å². The van der Waals surface area contributed by atoms with E-state index < -0.39 is 36.0 Å². The molecule has 1 heterocycles. The molecule has 2 rings (SSSR count). The van der Waals surface area contributed by atoms with Gasteiger partial charge in [-0.25, -0.2) is 4.79 Å².